The third kappa shape index (κ3) is 1.47. The van der Waals surface area contributed by atoms with Gasteiger partial charge in [-0.3, -0.25) is 0 Å². The van der Waals surface area contributed by atoms with Crippen LogP contribution in [0.2, 0.25) is 16.9 Å². The normalized spacial score (nSPS) is 9.50. The third-order valence-electron chi connectivity index (χ3n) is 1.29. The molecule has 0 amide bonds. The Bertz CT molecular complexity index is 235. The second-order valence-electron chi connectivity index (χ2n) is 1.93. The predicted octanol–water partition coefficient (Wildman–Crippen LogP) is 2.37. The number of halogens is 2. The van der Waals surface area contributed by atoms with Crippen LogP contribution >= 0.6 is 23.2 Å². The fourth-order valence-corrected chi connectivity index (χ4v) is 1.16. The molecule has 0 aliphatic rings. The summed E-state index contributed by atoms with van der Waals surface area (Å²) in [6.07, 6.45) is 0. The molecule has 0 saturated carbocycles. The molecule has 0 atom stereocenters. The first-order chi connectivity index (χ1) is 4.75. The molecule has 0 aromatic heterocycles. The molecular weight excluding hydrogens is 166 g/mol. The molecule has 51 valence electrons. The highest BCUT2D eigenvalue weighted by Gasteiger charge is 2.00. The summed E-state index contributed by atoms with van der Waals surface area (Å²) in [6, 6.07) is 5.58. The standard InChI is InChI=1S/C7H6BCl2/c1-8-5-3-2-4-6(9)7(5)10/h2-4H,1H3. The first kappa shape index (κ1) is 7.97. The van der Waals surface area contributed by atoms with Crippen molar-refractivity contribution in [2.75, 3.05) is 0 Å². The van der Waals surface area contributed by atoms with Crippen molar-refractivity contribution in [3.8, 4) is 0 Å². The maximum atomic E-state index is 5.83. The summed E-state index contributed by atoms with van der Waals surface area (Å²) in [6.45, 7) is 1.93. The minimum atomic E-state index is 0.609. The van der Waals surface area contributed by atoms with Gasteiger partial charge in [-0.05, 0) is 6.07 Å². The summed E-state index contributed by atoms with van der Waals surface area (Å²) >= 11 is 11.6. The molecule has 0 fully saturated rings. The first-order valence-electron chi connectivity index (χ1n) is 2.99. The number of hydrogen-bond donors (Lipinski definition) is 0. The van der Waals surface area contributed by atoms with Crippen LogP contribution in [0.3, 0.4) is 0 Å². The van der Waals surface area contributed by atoms with E-state index in [0.717, 1.165) is 5.46 Å². The Morgan fingerprint density at radius 1 is 1.30 bits per heavy atom. The lowest BCUT2D eigenvalue weighted by molar-refractivity contribution is 1.76. The lowest BCUT2D eigenvalue weighted by atomic mass is 9.73. The molecule has 1 radical (unpaired) electrons. The van der Waals surface area contributed by atoms with Gasteiger partial charge in [-0.2, -0.15) is 0 Å². The van der Waals surface area contributed by atoms with Crippen molar-refractivity contribution in [2.24, 2.45) is 0 Å². The van der Waals surface area contributed by atoms with E-state index in [2.05, 4.69) is 0 Å². The van der Waals surface area contributed by atoms with E-state index in [1.165, 1.54) is 0 Å². The molecule has 0 spiro atoms. The van der Waals surface area contributed by atoms with Crippen molar-refractivity contribution in [3.63, 3.8) is 0 Å². The van der Waals surface area contributed by atoms with E-state index in [1.54, 1.807) is 6.07 Å². The first-order valence-corrected chi connectivity index (χ1v) is 3.74. The predicted molar refractivity (Wildman–Crippen MR) is 47.7 cm³/mol. The fourth-order valence-electron chi connectivity index (χ4n) is 0.743. The highest BCUT2D eigenvalue weighted by Crippen LogP contribution is 2.17. The van der Waals surface area contributed by atoms with E-state index >= 15 is 0 Å². The second-order valence-corrected chi connectivity index (χ2v) is 2.72. The molecule has 0 N–H and O–H groups in total. The van der Waals surface area contributed by atoms with Crippen LogP contribution < -0.4 is 5.46 Å². The minimum Gasteiger partial charge on any atom is -0.0872 e. The van der Waals surface area contributed by atoms with Gasteiger partial charge in [-0.15, -0.1) is 0 Å². The quantitative estimate of drug-likeness (QED) is 0.570. The van der Waals surface area contributed by atoms with Gasteiger partial charge in [-0.25, -0.2) is 0 Å². The number of benzene rings is 1. The van der Waals surface area contributed by atoms with Crippen molar-refractivity contribution >= 4 is 35.9 Å². The molecule has 0 aliphatic carbocycles. The molecule has 0 bridgehead atoms. The largest absolute Gasteiger partial charge is 0.150 e. The van der Waals surface area contributed by atoms with Crippen LogP contribution in [0.15, 0.2) is 18.2 Å². The molecule has 0 saturated heterocycles. The molecule has 0 nitrogen and oxygen atoms in total. The van der Waals surface area contributed by atoms with E-state index < -0.39 is 0 Å². The summed E-state index contributed by atoms with van der Waals surface area (Å²) in [5.41, 5.74) is 0.981. The van der Waals surface area contributed by atoms with E-state index in [0.29, 0.717) is 10.0 Å². The van der Waals surface area contributed by atoms with Gasteiger partial charge < -0.3 is 0 Å². The zero-order valence-electron chi connectivity index (χ0n) is 5.57. The Morgan fingerprint density at radius 2 is 2.00 bits per heavy atom. The van der Waals surface area contributed by atoms with Gasteiger partial charge >= 0.3 is 0 Å². The molecule has 1 aromatic rings. The SMILES string of the molecule is C[B]c1cccc(Cl)c1Cl. The number of rotatable bonds is 1. The maximum Gasteiger partial charge on any atom is 0.150 e. The van der Waals surface area contributed by atoms with E-state index in [9.17, 15) is 0 Å². The molecule has 1 rings (SSSR count). The van der Waals surface area contributed by atoms with Crippen LogP contribution in [0, 0.1) is 0 Å². The van der Waals surface area contributed by atoms with Crippen LogP contribution in [0.4, 0.5) is 0 Å². The Morgan fingerprint density at radius 3 is 2.50 bits per heavy atom. The van der Waals surface area contributed by atoms with Gasteiger partial charge in [0.1, 0.15) is 7.28 Å². The molecule has 3 heteroatoms. The highest BCUT2D eigenvalue weighted by atomic mass is 35.5. The zero-order chi connectivity index (χ0) is 7.56. The topological polar surface area (TPSA) is 0 Å². The summed E-state index contributed by atoms with van der Waals surface area (Å²) < 4.78 is 0. The fraction of sp³-hybridized carbons (Fsp3) is 0.143. The Labute approximate surface area is 71.4 Å². The summed E-state index contributed by atoms with van der Waals surface area (Å²) in [7, 11) is 1.92. The zero-order valence-corrected chi connectivity index (χ0v) is 7.08. The lowest BCUT2D eigenvalue weighted by Crippen LogP contribution is -2.11. The third-order valence-corrected chi connectivity index (χ3v) is 2.13. The Balaban J connectivity index is 3.14. The van der Waals surface area contributed by atoms with Gasteiger partial charge in [-0.1, -0.05) is 47.6 Å². The van der Waals surface area contributed by atoms with Gasteiger partial charge in [0.25, 0.3) is 0 Å². The van der Waals surface area contributed by atoms with Crippen LogP contribution in [0.25, 0.3) is 0 Å². The maximum absolute atomic E-state index is 5.83. The monoisotopic (exact) mass is 171 g/mol. The van der Waals surface area contributed by atoms with Crippen molar-refractivity contribution in [1.29, 1.82) is 0 Å². The minimum absolute atomic E-state index is 0.609. The average molecular weight is 172 g/mol. The lowest BCUT2D eigenvalue weighted by Gasteiger charge is -1.99. The van der Waals surface area contributed by atoms with Crippen LogP contribution in [0.5, 0.6) is 0 Å². The van der Waals surface area contributed by atoms with Crippen molar-refractivity contribution in [3.05, 3.63) is 28.2 Å². The highest BCUT2D eigenvalue weighted by molar-refractivity contribution is 6.59. The molecule has 0 unspecified atom stereocenters. The number of hydrogen-bond acceptors (Lipinski definition) is 0. The van der Waals surface area contributed by atoms with Crippen LogP contribution in [0.1, 0.15) is 0 Å². The van der Waals surface area contributed by atoms with Gasteiger partial charge in [0.05, 0.1) is 10.0 Å². The Kier molecular flexibility index (Phi) is 2.64. The van der Waals surface area contributed by atoms with E-state index in [4.69, 9.17) is 23.2 Å². The Hall–Kier alpha value is -0.135. The van der Waals surface area contributed by atoms with Crippen LogP contribution in [-0.4, -0.2) is 7.28 Å². The van der Waals surface area contributed by atoms with Crippen LogP contribution in [-0.2, 0) is 0 Å². The van der Waals surface area contributed by atoms with Crippen molar-refractivity contribution in [1.82, 2.24) is 0 Å². The second kappa shape index (κ2) is 3.31. The van der Waals surface area contributed by atoms with Gasteiger partial charge in [0, 0.05) is 0 Å². The molecule has 0 aliphatic heterocycles. The van der Waals surface area contributed by atoms with E-state index in [-0.39, 0.29) is 0 Å². The van der Waals surface area contributed by atoms with Crippen molar-refractivity contribution in [2.45, 2.75) is 6.82 Å². The molecule has 1 aromatic carbocycles. The molecule has 0 heterocycles. The molecule has 10 heavy (non-hydrogen) atoms. The van der Waals surface area contributed by atoms with E-state index in [1.807, 2.05) is 26.2 Å². The summed E-state index contributed by atoms with van der Waals surface area (Å²) in [5.74, 6) is 0. The molecular formula is C7H6BCl2. The smallest absolute Gasteiger partial charge is 0.0872 e. The summed E-state index contributed by atoms with van der Waals surface area (Å²) in [5, 5.41) is 1.24. The summed E-state index contributed by atoms with van der Waals surface area (Å²) in [4.78, 5) is 0. The van der Waals surface area contributed by atoms with Gasteiger partial charge in [0.2, 0.25) is 0 Å². The van der Waals surface area contributed by atoms with Crippen molar-refractivity contribution < 1.29 is 0 Å². The van der Waals surface area contributed by atoms with Gasteiger partial charge in [0.15, 0.2) is 0 Å². The average Bonchev–Trinajstić information content (AvgIpc) is 1.95.